The highest BCUT2D eigenvalue weighted by atomic mass is 16.2. The molecule has 0 radical (unpaired) electrons. The van der Waals surface area contributed by atoms with Crippen molar-refractivity contribution in [3.63, 3.8) is 0 Å². The molecule has 2 rings (SSSR count). The molecule has 4 heteroatoms. The van der Waals surface area contributed by atoms with Crippen LogP contribution in [0.1, 0.15) is 44.9 Å². The maximum absolute atomic E-state index is 12.0. The summed E-state index contributed by atoms with van der Waals surface area (Å²) in [6.45, 7) is 2.34. The summed E-state index contributed by atoms with van der Waals surface area (Å²) in [5.41, 5.74) is 0. The van der Waals surface area contributed by atoms with Gasteiger partial charge in [0.2, 0.25) is 5.91 Å². The first-order valence-corrected chi connectivity index (χ1v) is 6.96. The highest BCUT2D eigenvalue weighted by Crippen LogP contribution is 2.22. The summed E-state index contributed by atoms with van der Waals surface area (Å²) >= 11 is 0. The number of hydrogen-bond donors (Lipinski definition) is 2. The van der Waals surface area contributed by atoms with Gasteiger partial charge in [0.15, 0.2) is 0 Å². The van der Waals surface area contributed by atoms with Crippen LogP contribution in [0.2, 0.25) is 0 Å². The Morgan fingerprint density at radius 1 is 1.24 bits per heavy atom. The van der Waals surface area contributed by atoms with E-state index in [0.29, 0.717) is 6.04 Å². The molecule has 1 aliphatic carbocycles. The molecule has 0 aromatic heterocycles. The van der Waals surface area contributed by atoms with Crippen molar-refractivity contribution >= 4 is 5.91 Å². The molecule has 0 spiro atoms. The quantitative estimate of drug-likeness (QED) is 0.650. The van der Waals surface area contributed by atoms with Crippen LogP contribution < -0.4 is 5.32 Å². The standard InChI is InChI=1S/C13H24N2O2/c16-10-3-1-2-8-15-9-4-5-12(15)13(17)14-11-6-7-11/h11-12,16H,1-10H2,(H,14,17). The number of carbonyl (C=O) groups excluding carboxylic acids is 1. The van der Waals surface area contributed by atoms with Gasteiger partial charge in [-0.05, 0) is 58.0 Å². The Morgan fingerprint density at radius 3 is 2.76 bits per heavy atom. The van der Waals surface area contributed by atoms with E-state index in [4.69, 9.17) is 5.11 Å². The number of nitrogens with one attached hydrogen (secondary N) is 1. The number of amides is 1. The van der Waals surface area contributed by atoms with Gasteiger partial charge in [0, 0.05) is 12.6 Å². The molecule has 1 heterocycles. The van der Waals surface area contributed by atoms with Crippen molar-refractivity contribution in [3.05, 3.63) is 0 Å². The Labute approximate surface area is 103 Å². The molecule has 0 bridgehead atoms. The topological polar surface area (TPSA) is 52.6 Å². The van der Waals surface area contributed by atoms with Crippen molar-refractivity contribution in [1.82, 2.24) is 10.2 Å². The molecule has 1 saturated carbocycles. The van der Waals surface area contributed by atoms with Crippen LogP contribution in [0.15, 0.2) is 0 Å². The third-order valence-corrected chi connectivity index (χ3v) is 3.69. The molecule has 0 aromatic carbocycles. The molecular formula is C13H24N2O2. The minimum atomic E-state index is 0.115. The first kappa shape index (κ1) is 12.8. The molecule has 1 aliphatic heterocycles. The molecule has 2 N–H and O–H groups in total. The van der Waals surface area contributed by atoms with Gasteiger partial charge in [0.25, 0.3) is 0 Å². The zero-order chi connectivity index (χ0) is 12.1. The van der Waals surface area contributed by atoms with Crippen molar-refractivity contribution in [1.29, 1.82) is 0 Å². The van der Waals surface area contributed by atoms with Crippen LogP contribution in [-0.4, -0.2) is 47.7 Å². The zero-order valence-corrected chi connectivity index (χ0v) is 10.5. The predicted octanol–water partition coefficient (Wildman–Crippen LogP) is 0.892. The Bertz CT molecular complexity index is 254. The number of unbranched alkanes of at least 4 members (excludes halogenated alkanes) is 2. The summed E-state index contributed by atoms with van der Waals surface area (Å²) in [4.78, 5) is 14.3. The van der Waals surface area contributed by atoms with Gasteiger partial charge in [-0.1, -0.05) is 0 Å². The lowest BCUT2D eigenvalue weighted by Crippen LogP contribution is -2.44. The number of likely N-dealkylation sites (tertiary alicyclic amines) is 1. The lowest BCUT2D eigenvalue weighted by atomic mass is 10.2. The molecule has 1 unspecified atom stereocenters. The Balaban J connectivity index is 1.69. The van der Waals surface area contributed by atoms with Crippen LogP contribution in [-0.2, 0) is 4.79 Å². The van der Waals surface area contributed by atoms with Crippen LogP contribution in [0, 0.1) is 0 Å². The van der Waals surface area contributed by atoms with Crippen molar-refractivity contribution in [3.8, 4) is 0 Å². The van der Waals surface area contributed by atoms with Crippen LogP contribution >= 0.6 is 0 Å². The van der Waals surface area contributed by atoms with E-state index in [0.717, 1.165) is 58.0 Å². The number of rotatable bonds is 7. The third-order valence-electron chi connectivity index (χ3n) is 3.69. The predicted molar refractivity (Wildman–Crippen MR) is 66.7 cm³/mol. The number of carbonyl (C=O) groups is 1. The Hall–Kier alpha value is -0.610. The smallest absolute Gasteiger partial charge is 0.237 e. The molecule has 17 heavy (non-hydrogen) atoms. The van der Waals surface area contributed by atoms with Crippen molar-refractivity contribution < 1.29 is 9.90 Å². The van der Waals surface area contributed by atoms with E-state index in [9.17, 15) is 4.79 Å². The summed E-state index contributed by atoms with van der Waals surface area (Å²) < 4.78 is 0. The van der Waals surface area contributed by atoms with E-state index in [1.165, 1.54) is 0 Å². The highest BCUT2D eigenvalue weighted by Gasteiger charge is 2.33. The van der Waals surface area contributed by atoms with Gasteiger partial charge in [0.05, 0.1) is 6.04 Å². The molecule has 2 fully saturated rings. The van der Waals surface area contributed by atoms with Gasteiger partial charge >= 0.3 is 0 Å². The van der Waals surface area contributed by atoms with Crippen LogP contribution in [0.3, 0.4) is 0 Å². The van der Waals surface area contributed by atoms with E-state index in [-0.39, 0.29) is 18.6 Å². The van der Waals surface area contributed by atoms with Gasteiger partial charge in [-0.2, -0.15) is 0 Å². The highest BCUT2D eigenvalue weighted by molar-refractivity contribution is 5.82. The monoisotopic (exact) mass is 240 g/mol. The number of hydrogen-bond acceptors (Lipinski definition) is 3. The summed E-state index contributed by atoms with van der Waals surface area (Å²) in [6, 6.07) is 0.587. The van der Waals surface area contributed by atoms with Crippen molar-refractivity contribution in [2.45, 2.75) is 57.0 Å². The third kappa shape index (κ3) is 3.96. The van der Waals surface area contributed by atoms with E-state index < -0.39 is 0 Å². The maximum atomic E-state index is 12.0. The molecule has 98 valence electrons. The fourth-order valence-electron chi connectivity index (χ4n) is 2.52. The van der Waals surface area contributed by atoms with E-state index >= 15 is 0 Å². The second kappa shape index (κ2) is 6.36. The first-order valence-electron chi connectivity index (χ1n) is 6.96. The van der Waals surface area contributed by atoms with E-state index in [2.05, 4.69) is 10.2 Å². The summed E-state index contributed by atoms with van der Waals surface area (Å²) in [5, 5.41) is 11.8. The van der Waals surface area contributed by atoms with Gasteiger partial charge in [0.1, 0.15) is 0 Å². The van der Waals surface area contributed by atoms with Crippen LogP contribution in [0.25, 0.3) is 0 Å². The number of nitrogens with zero attached hydrogens (tertiary/aromatic N) is 1. The summed E-state index contributed by atoms with van der Waals surface area (Å²) in [5.74, 6) is 0.243. The van der Waals surface area contributed by atoms with Gasteiger partial charge in [-0.25, -0.2) is 0 Å². The fourth-order valence-corrected chi connectivity index (χ4v) is 2.52. The van der Waals surface area contributed by atoms with Gasteiger partial charge in [-0.15, -0.1) is 0 Å². The molecule has 2 aliphatic rings. The van der Waals surface area contributed by atoms with E-state index in [1.54, 1.807) is 0 Å². The molecule has 1 saturated heterocycles. The lowest BCUT2D eigenvalue weighted by molar-refractivity contribution is -0.125. The second-order valence-electron chi connectivity index (χ2n) is 5.26. The molecule has 1 atom stereocenters. The normalized spacial score (nSPS) is 25.1. The average molecular weight is 240 g/mol. The number of aliphatic hydroxyl groups is 1. The molecular weight excluding hydrogens is 216 g/mol. The first-order chi connectivity index (χ1) is 8.31. The minimum Gasteiger partial charge on any atom is -0.396 e. The molecule has 4 nitrogen and oxygen atoms in total. The Kier molecular flexibility index (Phi) is 4.80. The fraction of sp³-hybridized carbons (Fsp3) is 0.923. The van der Waals surface area contributed by atoms with Gasteiger partial charge in [-0.3, -0.25) is 9.69 Å². The Morgan fingerprint density at radius 2 is 2.06 bits per heavy atom. The minimum absolute atomic E-state index is 0.115. The molecule has 1 amide bonds. The van der Waals surface area contributed by atoms with Crippen LogP contribution in [0.4, 0.5) is 0 Å². The van der Waals surface area contributed by atoms with Gasteiger partial charge < -0.3 is 10.4 Å². The number of aliphatic hydroxyl groups excluding tert-OH is 1. The van der Waals surface area contributed by atoms with E-state index in [1.807, 2.05) is 0 Å². The summed E-state index contributed by atoms with van der Waals surface area (Å²) in [6.07, 6.45) is 7.51. The second-order valence-corrected chi connectivity index (χ2v) is 5.26. The SMILES string of the molecule is O=C(NC1CC1)C1CCCN1CCCCCO. The largest absolute Gasteiger partial charge is 0.396 e. The molecule has 0 aromatic rings. The zero-order valence-electron chi connectivity index (χ0n) is 10.5. The summed E-state index contributed by atoms with van der Waals surface area (Å²) in [7, 11) is 0. The van der Waals surface area contributed by atoms with Crippen molar-refractivity contribution in [2.75, 3.05) is 19.7 Å². The average Bonchev–Trinajstić information content (AvgIpc) is 3.00. The lowest BCUT2D eigenvalue weighted by Gasteiger charge is -2.23. The maximum Gasteiger partial charge on any atom is 0.237 e. The van der Waals surface area contributed by atoms with Crippen LogP contribution in [0.5, 0.6) is 0 Å². The van der Waals surface area contributed by atoms with Crippen molar-refractivity contribution in [2.24, 2.45) is 0 Å².